The second-order valence-electron chi connectivity index (χ2n) is 20.6. The first-order valence-corrected chi connectivity index (χ1v) is 31.8. The fourth-order valence-electron chi connectivity index (χ4n) is 8.28. The van der Waals surface area contributed by atoms with Gasteiger partial charge < -0.3 is 14.2 Å². The Bertz CT molecular complexity index is 1710. The van der Waals surface area contributed by atoms with Gasteiger partial charge in [0.1, 0.15) is 13.2 Å². The lowest BCUT2D eigenvalue weighted by molar-refractivity contribution is -0.167. The van der Waals surface area contributed by atoms with Gasteiger partial charge in [-0.15, -0.1) is 0 Å². The van der Waals surface area contributed by atoms with E-state index in [0.717, 1.165) is 148 Å². The Balaban J connectivity index is 4.39. The molecule has 440 valence electrons. The number of allylic oxidation sites excluding steroid dienone is 24. The van der Waals surface area contributed by atoms with Gasteiger partial charge in [-0.3, -0.25) is 14.4 Å². The molecule has 0 fully saturated rings. The molecule has 6 nitrogen and oxygen atoms in total. The van der Waals surface area contributed by atoms with Crippen molar-refractivity contribution in [1.82, 2.24) is 0 Å². The summed E-state index contributed by atoms with van der Waals surface area (Å²) in [4.78, 5) is 38.2. The summed E-state index contributed by atoms with van der Waals surface area (Å²) < 4.78 is 16.9. The fraction of sp³-hybridized carbons (Fsp3) is 0.625. The van der Waals surface area contributed by atoms with Crippen LogP contribution in [0.1, 0.15) is 271 Å². The van der Waals surface area contributed by atoms with Gasteiger partial charge in [0.25, 0.3) is 0 Å². The summed E-state index contributed by atoms with van der Waals surface area (Å²) >= 11 is 0. The van der Waals surface area contributed by atoms with Gasteiger partial charge in [-0.2, -0.15) is 0 Å². The van der Waals surface area contributed by atoms with Crippen molar-refractivity contribution in [2.24, 2.45) is 0 Å². The van der Waals surface area contributed by atoms with E-state index in [1.807, 2.05) is 0 Å². The predicted octanol–water partition coefficient (Wildman–Crippen LogP) is 21.9. The van der Waals surface area contributed by atoms with Gasteiger partial charge in [0.05, 0.1) is 0 Å². The van der Waals surface area contributed by atoms with Crippen LogP contribution in [-0.4, -0.2) is 37.2 Å². The van der Waals surface area contributed by atoms with Crippen molar-refractivity contribution in [3.63, 3.8) is 0 Å². The third-order valence-electron chi connectivity index (χ3n) is 13.0. The lowest BCUT2D eigenvalue weighted by Gasteiger charge is -2.18. The highest BCUT2D eigenvalue weighted by atomic mass is 16.6. The summed E-state index contributed by atoms with van der Waals surface area (Å²) in [6, 6.07) is 0. The van der Waals surface area contributed by atoms with Crippen LogP contribution >= 0.6 is 0 Å². The van der Waals surface area contributed by atoms with Crippen LogP contribution in [0.2, 0.25) is 0 Å². The predicted molar refractivity (Wildman–Crippen MR) is 339 cm³/mol. The molecule has 0 aliphatic rings. The average Bonchev–Trinajstić information content (AvgIpc) is 3.44. The number of esters is 3. The molecule has 0 aromatic heterocycles. The van der Waals surface area contributed by atoms with E-state index in [1.54, 1.807) is 0 Å². The molecule has 0 aliphatic heterocycles. The van der Waals surface area contributed by atoms with Crippen molar-refractivity contribution >= 4 is 17.9 Å². The molecule has 0 aromatic rings. The number of hydrogen-bond donors (Lipinski definition) is 0. The SMILES string of the molecule is CC/C=C\C/C=C\C/C=C\C/C=C\C/C=C\C/C=C\C/C=C\C/C=C\C/C=C\CCCCCC(=O)OCC(COC(=O)CCCCCCC/C=C\CCCCC)OC(=O)CCCCCCCCC/C=C\C/C=C\CCCCC. The molecule has 0 saturated heterocycles. The quantitative estimate of drug-likeness (QED) is 0.0261. The summed E-state index contributed by atoms with van der Waals surface area (Å²) in [5.41, 5.74) is 0. The minimum Gasteiger partial charge on any atom is -0.462 e. The van der Waals surface area contributed by atoms with Gasteiger partial charge in [-0.25, -0.2) is 0 Å². The molecule has 0 amide bonds. The molecule has 0 heterocycles. The van der Waals surface area contributed by atoms with Gasteiger partial charge in [0.15, 0.2) is 6.10 Å². The summed E-state index contributed by atoms with van der Waals surface area (Å²) in [5.74, 6) is -0.953. The summed E-state index contributed by atoms with van der Waals surface area (Å²) in [7, 11) is 0. The van der Waals surface area contributed by atoms with E-state index in [1.165, 1.54) is 83.5 Å². The lowest BCUT2D eigenvalue weighted by Crippen LogP contribution is -2.30. The molecule has 0 rings (SSSR count). The van der Waals surface area contributed by atoms with Crippen molar-refractivity contribution in [3.05, 3.63) is 146 Å². The zero-order chi connectivity index (χ0) is 56.4. The smallest absolute Gasteiger partial charge is 0.306 e. The topological polar surface area (TPSA) is 78.9 Å². The maximum atomic E-state index is 12.9. The number of carbonyl (C=O) groups is 3. The highest BCUT2D eigenvalue weighted by Gasteiger charge is 2.19. The van der Waals surface area contributed by atoms with Crippen molar-refractivity contribution in [3.8, 4) is 0 Å². The number of hydrogen-bond acceptors (Lipinski definition) is 6. The van der Waals surface area contributed by atoms with E-state index in [2.05, 4.69) is 167 Å². The third-order valence-corrected chi connectivity index (χ3v) is 13.0. The molecule has 0 radical (unpaired) electrons. The van der Waals surface area contributed by atoms with E-state index in [0.29, 0.717) is 19.3 Å². The Kier molecular flexibility index (Phi) is 60.9. The molecule has 1 atom stereocenters. The second-order valence-corrected chi connectivity index (χ2v) is 20.6. The molecule has 0 spiro atoms. The van der Waals surface area contributed by atoms with E-state index >= 15 is 0 Å². The van der Waals surface area contributed by atoms with Crippen LogP contribution in [0.25, 0.3) is 0 Å². The van der Waals surface area contributed by atoms with Crippen LogP contribution in [0, 0.1) is 0 Å². The Morgan fingerprint density at radius 3 is 0.808 bits per heavy atom. The highest BCUT2D eigenvalue weighted by Crippen LogP contribution is 2.14. The molecular weight excluding hydrogens is 961 g/mol. The minimum atomic E-state index is -0.806. The standard InChI is InChI=1S/C72H116O6/c1-4-7-10-13-16-19-22-25-27-29-30-31-32-33-34-35-36-37-38-39-40-41-42-44-45-47-50-53-56-59-62-65-71(74)77-68-69(67-76-70(73)64-61-58-55-52-49-24-21-18-15-12-9-6-3)78-72(75)66-63-60-57-54-51-48-46-43-28-26-23-20-17-14-11-8-5-2/h7,10,16-21,25-28,30-31,33-34,36-37,39-40,42,44,47,50,69H,4-6,8-9,11-15,22-24,29,32,35,38,41,43,45-46,48-49,51-68H2,1-3H3/b10-7-,19-16-,20-17-,21-18-,27-25-,28-26-,31-30-,34-33-,37-36-,40-39-,44-42-,50-47-. The van der Waals surface area contributed by atoms with Crippen LogP contribution in [-0.2, 0) is 28.6 Å². The molecule has 78 heavy (non-hydrogen) atoms. The lowest BCUT2D eigenvalue weighted by atomic mass is 10.1. The van der Waals surface area contributed by atoms with Gasteiger partial charge >= 0.3 is 17.9 Å². The van der Waals surface area contributed by atoms with Crippen molar-refractivity contribution in [1.29, 1.82) is 0 Å². The highest BCUT2D eigenvalue weighted by molar-refractivity contribution is 5.71. The summed E-state index contributed by atoms with van der Waals surface area (Å²) in [6.45, 7) is 6.43. The Morgan fingerprint density at radius 2 is 0.500 bits per heavy atom. The molecule has 1 unspecified atom stereocenters. The van der Waals surface area contributed by atoms with Gasteiger partial charge in [0, 0.05) is 19.3 Å². The molecule has 0 N–H and O–H groups in total. The van der Waals surface area contributed by atoms with Crippen molar-refractivity contribution < 1.29 is 28.6 Å². The molecule has 0 aliphatic carbocycles. The van der Waals surface area contributed by atoms with E-state index in [9.17, 15) is 14.4 Å². The Morgan fingerprint density at radius 1 is 0.269 bits per heavy atom. The first-order chi connectivity index (χ1) is 38.5. The normalized spacial score (nSPS) is 13.1. The van der Waals surface area contributed by atoms with Gasteiger partial charge in [-0.05, 0) is 148 Å². The molecular formula is C72H116O6. The zero-order valence-corrected chi connectivity index (χ0v) is 50.4. The van der Waals surface area contributed by atoms with Gasteiger partial charge in [0.2, 0.25) is 0 Å². The van der Waals surface area contributed by atoms with Gasteiger partial charge in [-0.1, -0.05) is 250 Å². The first-order valence-electron chi connectivity index (χ1n) is 31.8. The van der Waals surface area contributed by atoms with Crippen molar-refractivity contribution in [2.45, 2.75) is 277 Å². The third kappa shape index (κ3) is 62.1. The van der Waals surface area contributed by atoms with Crippen molar-refractivity contribution in [2.75, 3.05) is 13.2 Å². The summed E-state index contributed by atoms with van der Waals surface area (Å²) in [5, 5.41) is 0. The number of carbonyl (C=O) groups excluding carboxylic acids is 3. The maximum Gasteiger partial charge on any atom is 0.306 e. The first kappa shape index (κ1) is 73.3. The molecule has 0 aromatic carbocycles. The molecule has 0 saturated carbocycles. The monoisotopic (exact) mass is 1080 g/mol. The van der Waals surface area contributed by atoms with E-state index in [-0.39, 0.29) is 31.1 Å². The van der Waals surface area contributed by atoms with E-state index < -0.39 is 6.10 Å². The van der Waals surface area contributed by atoms with Crippen LogP contribution in [0.4, 0.5) is 0 Å². The average molecular weight is 1080 g/mol. The van der Waals surface area contributed by atoms with Crippen LogP contribution in [0.3, 0.4) is 0 Å². The maximum absolute atomic E-state index is 12.9. The summed E-state index contributed by atoms with van der Waals surface area (Å²) in [6.07, 6.45) is 92.8. The second kappa shape index (κ2) is 64.8. The number of rotatable bonds is 56. The zero-order valence-electron chi connectivity index (χ0n) is 50.4. The van der Waals surface area contributed by atoms with E-state index in [4.69, 9.17) is 14.2 Å². The van der Waals surface area contributed by atoms with Crippen LogP contribution in [0.5, 0.6) is 0 Å². The number of ether oxygens (including phenoxy) is 3. The van der Waals surface area contributed by atoms with Crippen LogP contribution in [0.15, 0.2) is 146 Å². The largest absolute Gasteiger partial charge is 0.462 e. The number of unbranched alkanes of at least 4 members (excludes halogenated alkanes) is 21. The Hall–Kier alpha value is -4.71. The van der Waals surface area contributed by atoms with Crippen LogP contribution < -0.4 is 0 Å². The minimum absolute atomic E-state index is 0.101. The molecule has 0 bridgehead atoms. The molecule has 6 heteroatoms. The Labute approximate surface area is 480 Å². The fourth-order valence-corrected chi connectivity index (χ4v) is 8.28.